The van der Waals surface area contributed by atoms with Crippen LogP contribution in [-0.2, 0) is 14.0 Å². The summed E-state index contributed by atoms with van der Waals surface area (Å²) >= 11 is 0. The van der Waals surface area contributed by atoms with Gasteiger partial charge in [-0.3, -0.25) is 0 Å². The van der Waals surface area contributed by atoms with E-state index < -0.39 is 15.3 Å². The lowest BCUT2D eigenvalue weighted by molar-refractivity contribution is -0.0465. The molecule has 0 spiro atoms. The minimum absolute atomic E-state index is 0.0627. The van der Waals surface area contributed by atoms with Gasteiger partial charge in [-0.25, -0.2) is 4.21 Å². The van der Waals surface area contributed by atoms with Gasteiger partial charge in [0.15, 0.2) is 0 Å². The van der Waals surface area contributed by atoms with Crippen molar-refractivity contribution < 1.29 is 21.6 Å². The first-order valence-corrected chi connectivity index (χ1v) is 4.62. The summed E-state index contributed by atoms with van der Waals surface area (Å²) in [6.45, 7) is 2.75. The van der Waals surface area contributed by atoms with Crippen molar-refractivity contribution in [2.75, 3.05) is 0 Å². The Morgan fingerprint density at radius 3 is 2.25 bits per heavy atom. The molecule has 72 valence electrons. The zero-order valence-electron chi connectivity index (χ0n) is 6.64. The SMILES string of the molecule is C=S(=O)(OC(C)=CC)C(F)(F)F. The van der Waals surface area contributed by atoms with Crippen LogP contribution in [0.15, 0.2) is 11.8 Å². The fourth-order valence-corrected chi connectivity index (χ4v) is 0.923. The van der Waals surface area contributed by atoms with Gasteiger partial charge < -0.3 is 4.18 Å². The zero-order chi connectivity index (χ0) is 9.99. The lowest BCUT2D eigenvalue weighted by Gasteiger charge is -2.13. The summed E-state index contributed by atoms with van der Waals surface area (Å²) in [6, 6.07) is 0. The molecule has 0 aliphatic rings. The van der Waals surface area contributed by atoms with Gasteiger partial charge in [0.1, 0.15) is 5.76 Å². The van der Waals surface area contributed by atoms with E-state index in [4.69, 9.17) is 0 Å². The van der Waals surface area contributed by atoms with Crippen molar-refractivity contribution in [1.29, 1.82) is 0 Å². The molecular weight excluding hydrogens is 193 g/mol. The quantitative estimate of drug-likeness (QED) is 0.506. The largest absolute Gasteiger partial charge is 0.496 e. The van der Waals surface area contributed by atoms with Crippen LogP contribution >= 0.6 is 0 Å². The standard InChI is InChI=1S/C6H9F3O2S/c1-4-5(2)11-12(3,10)6(7,8)9/h4H,3H2,1-2H3. The molecule has 0 heterocycles. The smallest absolute Gasteiger partial charge is 0.407 e. The van der Waals surface area contributed by atoms with Gasteiger partial charge in [-0.05, 0) is 25.8 Å². The second-order valence-corrected chi connectivity index (χ2v) is 3.90. The Kier molecular flexibility index (Phi) is 3.20. The highest BCUT2D eigenvalue weighted by Crippen LogP contribution is 2.26. The van der Waals surface area contributed by atoms with Gasteiger partial charge in [-0.2, -0.15) is 13.2 Å². The Bertz CT molecular complexity index is 274. The average molecular weight is 202 g/mol. The molecule has 0 aromatic heterocycles. The van der Waals surface area contributed by atoms with Crippen LogP contribution in [0.25, 0.3) is 0 Å². The van der Waals surface area contributed by atoms with Crippen LogP contribution in [0.2, 0.25) is 0 Å². The van der Waals surface area contributed by atoms with Crippen LogP contribution in [0.4, 0.5) is 13.2 Å². The minimum atomic E-state index is -4.92. The molecule has 0 saturated carbocycles. The fourth-order valence-electron chi connectivity index (χ4n) is 0.308. The molecule has 1 unspecified atom stereocenters. The van der Waals surface area contributed by atoms with Crippen LogP contribution in [0.1, 0.15) is 13.8 Å². The lowest BCUT2D eigenvalue weighted by Crippen LogP contribution is -2.24. The second kappa shape index (κ2) is 3.38. The predicted octanol–water partition coefficient (Wildman–Crippen LogP) is 2.08. The molecule has 1 atom stereocenters. The van der Waals surface area contributed by atoms with E-state index in [-0.39, 0.29) is 5.76 Å². The van der Waals surface area contributed by atoms with Crippen LogP contribution in [0.3, 0.4) is 0 Å². The highest BCUT2D eigenvalue weighted by molar-refractivity contribution is 7.96. The third kappa shape index (κ3) is 2.77. The zero-order valence-corrected chi connectivity index (χ0v) is 7.46. The maximum atomic E-state index is 11.8. The van der Waals surface area contributed by atoms with Crippen molar-refractivity contribution in [2.24, 2.45) is 0 Å². The minimum Gasteiger partial charge on any atom is -0.407 e. The van der Waals surface area contributed by atoms with E-state index in [0.29, 0.717) is 0 Å². The van der Waals surface area contributed by atoms with Crippen LogP contribution in [0.5, 0.6) is 0 Å². The highest BCUT2D eigenvalue weighted by Gasteiger charge is 2.41. The number of allylic oxidation sites excluding steroid dienone is 2. The van der Waals surface area contributed by atoms with Crippen LogP contribution in [0, 0.1) is 0 Å². The van der Waals surface area contributed by atoms with E-state index in [2.05, 4.69) is 10.1 Å². The highest BCUT2D eigenvalue weighted by atomic mass is 32.2. The van der Waals surface area contributed by atoms with Crippen LogP contribution in [-0.4, -0.2) is 15.6 Å². The van der Waals surface area contributed by atoms with E-state index in [1.54, 1.807) is 0 Å². The van der Waals surface area contributed by atoms with Gasteiger partial charge in [0.05, 0.1) is 0 Å². The third-order valence-corrected chi connectivity index (χ3v) is 2.26. The molecule has 0 aliphatic carbocycles. The van der Waals surface area contributed by atoms with Gasteiger partial charge in [-0.1, -0.05) is 0 Å². The first-order chi connectivity index (χ1) is 5.20. The van der Waals surface area contributed by atoms with Crippen molar-refractivity contribution in [3.05, 3.63) is 11.8 Å². The fraction of sp³-hybridized carbons (Fsp3) is 0.500. The topological polar surface area (TPSA) is 26.3 Å². The maximum Gasteiger partial charge on any atom is 0.496 e. The first kappa shape index (κ1) is 11.4. The Hall–Kier alpha value is -0.650. The van der Waals surface area contributed by atoms with E-state index in [1.807, 2.05) is 0 Å². The Balaban J connectivity index is 4.70. The summed E-state index contributed by atoms with van der Waals surface area (Å²) in [5.74, 6) is 2.41. The monoisotopic (exact) mass is 202 g/mol. The van der Waals surface area contributed by atoms with Gasteiger partial charge >= 0.3 is 5.51 Å². The molecule has 0 aromatic rings. The van der Waals surface area contributed by atoms with E-state index in [0.717, 1.165) is 0 Å². The number of alkyl halides is 3. The number of rotatable bonds is 2. The molecule has 0 aromatic carbocycles. The molecule has 0 saturated heterocycles. The van der Waals surface area contributed by atoms with Crippen molar-refractivity contribution in [2.45, 2.75) is 19.4 Å². The maximum absolute atomic E-state index is 11.8. The molecule has 0 rings (SSSR count). The van der Waals surface area contributed by atoms with Crippen molar-refractivity contribution in [3.63, 3.8) is 0 Å². The van der Waals surface area contributed by atoms with Gasteiger partial charge in [0, 0.05) is 0 Å². The summed E-state index contributed by atoms with van der Waals surface area (Å²) in [4.78, 5) is 0. The summed E-state index contributed by atoms with van der Waals surface area (Å²) in [6.07, 6.45) is 1.27. The summed E-state index contributed by atoms with van der Waals surface area (Å²) in [5.41, 5.74) is -4.92. The molecular formula is C6H9F3O2S. The number of hydrogen-bond donors (Lipinski definition) is 0. The normalized spacial score (nSPS) is 18.6. The van der Waals surface area contributed by atoms with Crippen molar-refractivity contribution >= 4 is 15.7 Å². The Morgan fingerprint density at radius 1 is 1.58 bits per heavy atom. The molecule has 0 amide bonds. The van der Waals surface area contributed by atoms with E-state index in [1.165, 1.54) is 19.9 Å². The summed E-state index contributed by atoms with van der Waals surface area (Å²) < 4.78 is 50.3. The van der Waals surface area contributed by atoms with Gasteiger partial charge in [0.2, 0.25) is 9.80 Å². The number of halogens is 3. The van der Waals surface area contributed by atoms with Gasteiger partial charge in [0.25, 0.3) is 0 Å². The molecule has 0 aliphatic heterocycles. The predicted molar refractivity (Wildman–Crippen MR) is 41.8 cm³/mol. The van der Waals surface area contributed by atoms with Crippen LogP contribution < -0.4 is 0 Å². The summed E-state index contributed by atoms with van der Waals surface area (Å²) in [7, 11) is -4.48. The Morgan fingerprint density at radius 2 is 2.00 bits per heavy atom. The molecule has 0 N–H and O–H groups in total. The molecule has 0 fully saturated rings. The second-order valence-electron chi connectivity index (χ2n) is 2.04. The third-order valence-electron chi connectivity index (χ3n) is 1.03. The molecule has 0 bridgehead atoms. The van der Waals surface area contributed by atoms with Crippen molar-refractivity contribution in [3.8, 4) is 0 Å². The number of hydrogen-bond acceptors (Lipinski definition) is 2. The van der Waals surface area contributed by atoms with Gasteiger partial charge in [-0.15, -0.1) is 0 Å². The Labute approximate surface area is 69.2 Å². The van der Waals surface area contributed by atoms with Crippen molar-refractivity contribution in [1.82, 2.24) is 0 Å². The molecule has 2 nitrogen and oxygen atoms in total. The molecule has 0 radical (unpaired) electrons. The first-order valence-electron chi connectivity index (χ1n) is 2.96. The average Bonchev–Trinajstić information content (AvgIpc) is 1.84. The van der Waals surface area contributed by atoms with E-state index in [9.17, 15) is 17.4 Å². The molecule has 12 heavy (non-hydrogen) atoms. The summed E-state index contributed by atoms with van der Waals surface area (Å²) in [5, 5.41) is 0. The molecule has 6 heteroatoms. The van der Waals surface area contributed by atoms with E-state index >= 15 is 0 Å². The lowest BCUT2D eigenvalue weighted by atomic mass is 10.5.